The number of para-hydroxylation sites is 1. The van der Waals surface area contributed by atoms with Crippen LogP contribution in [0.5, 0.6) is 0 Å². The maximum atomic E-state index is 10.7. The van der Waals surface area contributed by atoms with Crippen LogP contribution >= 0.6 is 0 Å². The van der Waals surface area contributed by atoms with Gasteiger partial charge in [0.2, 0.25) is 5.91 Å². The highest BCUT2D eigenvalue weighted by Gasteiger charge is 2.12. The van der Waals surface area contributed by atoms with Crippen LogP contribution < -0.4 is 11.1 Å². The summed E-state index contributed by atoms with van der Waals surface area (Å²) < 4.78 is 5.95. The largest absolute Gasteiger partial charge is 0.461 e. The Morgan fingerprint density at radius 3 is 2.90 bits per heavy atom. The van der Waals surface area contributed by atoms with E-state index in [-0.39, 0.29) is 5.91 Å². The first-order valence-corrected chi connectivity index (χ1v) is 7.20. The SMILES string of the molecule is CCCCc1oc2ccccc2c1CNCCC(N)=O. The number of nitrogens with one attached hydrogen (secondary N) is 1. The molecule has 1 aromatic heterocycles. The minimum absolute atomic E-state index is 0.277. The van der Waals surface area contributed by atoms with Gasteiger partial charge in [-0.15, -0.1) is 0 Å². The summed E-state index contributed by atoms with van der Waals surface area (Å²) in [6.07, 6.45) is 3.58. The number of aryl methyl sites for hydroxylation is 1. The van der Waals surface area contributed by atoms with Crippen LogP contribution in [0.1, 0.15) is 37.5 Å². The molecule has 0 aliphatic rings. The van der Waals surface area contributed by atoms with E-state index >= 15 is 0 Å². The van der Waals surface area contributed by atoms with Crippen LogP contribution in [0.3, 0.4) is 0 Å². The number of primary amides is 1. The van der Waals surface area contributed by atoms with Crippen molar-refractivity contribution in [2.75, 3.05) is 6.54 Å². The molecule has 0 saturated heterocycles. The second-order valence-electron chi connectivity index (χ2n) is 5.00. The third-order valence-corrected chi connectivity index (χ3v) is 3.39. The third kappa shape index (κ3) is 3.61. The van der Waals surface area contributed by atoms with Crippen molar-refractivity contribution in [2.45, 2.75) is 39.2 Å². The molecule has 0 fully saturated rings. The van der Waals surface area contributed by atoms with E-state index in [1.54, 1.807) is 0 Å². The van der Waals surface area contributed by atoms with E-state index in [9.17, 15) is 4.79 Å². The van der Waals surface area contributed by atoms with E-state index in [2.05, 4.69) is 18.3 Å². The van der Waals surface area contributed by atoms with E-state index < -0.39 is 0 Å². The van der Waals surface area contributed by atoms with Gasteiger partial charge in [-0.2, -0.15) is 0 Å². The van der Waals surface area contributed by atoms with Gasteiger partial charge in [-0.25, -0.2) is 0 Å². The predicted octanol–water partition coefficient (Wildman–Crippen LogP) is 2.74. The summed E-state index contributed by atoms with van der Waals surface area (Å²) in [5.41, 5.74) is 7.28. The molecule has 1 amide bonds. The molecule has 4 heteroatoms. The Balaban J connectivity index is 2.12. The highest BCUT2D eigenvalue weighted by Crippen LogP contribution is 2.27. The van der Waals surface area contributed by atoms with Crippen LogP contribution in [-0.2, 0) is 17.8 Å². The van der Waals surface area contributed by atoms with E-state index in [1.165, 1.54) is 5.56 Å². The Kier molecular flexibility index (Phi) is 5.18. The molecule has 3 N–H and O–H groups in total. The van der Waals surface area contributed by atoms with Crippen molar-refractivity contribution in [2.24, 2.45) is 5.73 Å². The van der Waals surface area contributed by atoms with Crippen LogP contribution in [0, 0.1) is 0 Å². The molecule has 0 radical (unpaired) electrons. The lowest BCUT2D eigenvalue weighted by Gasteiger charge is -2.04. The van der Waals surface area contributed by atoms with Crippen LogP contribution in [0.2, 0.25) is 0 Å². The number of amides is 1. The summed E-state index contributed by atoms with van der Waals surface area (Å²) in [6.45, 7) is 3.48. The molecule has 0 bridgehead atoms. The van der Waals surface area contributed by atoms with Gasteiger partial charge in [-0.3, -0.25) is 4.79 Å². The van der Waals surface area contributed by atoms with Crippen LogP contribution in [0.4, 0.5) is 0 Å². The molecule has 0 unspecified atom stereocenters. The van der Waals surface area contributed by atoms with Crippen molar-refractivity contribution < 1.29 is 9.21 Å². The lowest BCUT2D eigenvalue weighted by molar-refractivity contribution is -0.117. The zero-order valence-corrected chi connectivity index (χ0v) is 11.9. The van der Waals surface area contributed by atoms with Gasteiger partial charge in [0.25, 0.3) is 0 Å². The number of carbonyl (C=O) groups is 1. The Bertz CT molecular complexity index is 575. The van der Waals surface area contributed by atoms with Gasteiger partial charge in [-0.05, 0) is 12.5 Å². The smallest absolute Gasteiger partial charge is 0.218 e. The lowest BCUT2D eigenvalue weighted by Crippen LogP contribution is -2.21. The minimum Gasteiger partial charge on any atom is -0.461 e. The fourth-order valence-electron chi connectivity index (χ4n) is 2.31. The highest BCUT2D eigenvalue weighted by atomic mass is 16.3. The summed E-state index contributed by atoms with van der Waals surface area (Å²) >= 11 is 0. The Morgan fingerprint density at radius 1 is 1.35 bits per heavy atom. The molecule has 20 heavy (non-hydrogen) atoms. The standard InChI is InChI=1S/C16H22N2O2/c1-2-3-7-15-13(11-18-10-9-16(17)19)12-6-4-5-8-14(12)20-15/h4-6,8,18H,2-3,7,9-11H2,1H3,(H2,17,19). The molecule has 0 aliphatic heterocycles. The molecular weight excluding hydrogens is 252 g/mol. The van der Waals surface area contributed by atoms with E-state index in [1.807, 2.05) is 18.2 Å². The van der Waals surface area contributed by atoms with Gasteiger partial charge in [-0.1, -0.05) is 31.5 Å². The minimum atomic E-state index is -0.277. The number of fused-ring (bicyclic) bond motifs is 1. The number of rotatable bonds is 8. The maximum absolute atomic E-state index is 10.7. The van der Waals surface area contributed by atoms with Gasteiger partial charge in [0.15, 0.2) is 0 Å². The third-order valence-electron chi connectivity index (χ3n) is 3.39. The molecule has 108 valence electrons. The van der Waals surface area contributed by atoms with Gasteiger partial charge in [0.05, 0.1) is 0 Å². The molecule has 0 atom stereocenters. The molecule has 2 aromatic rings. The van der Waals surface area contributed by atoms with Crippen LogP contribution in [0.25, 0.3) is 11.0 Å². The summed E-state index contributed by atoms with van der Waals surface area (Å²) in [7, 11) is 0. The number of benzene rings is 1. The van der Waals surface area contributed by atoms with Crippen molar-refractivity contribution in [1.29, 1.82) is 0 Å². The van der Waals surface area contributed by atoms with Gasteiger partial charge in [0, 0.05) is 36.9 Å². The number of unbranched alkanes of at least 4 members (excludes halogenated alkanes) is 1. The van der Waals surface area contributed by atoms with E-state index in [4.69, 9.17) is 10.2 Å². The van der Waals surface area contributed by atoms with Crippen molar-refractivity contribution in [3.63, 3.8) is 0 Å². The first kappa shape index (κ1) is 14.6. The summed E-state index contributed by atoms with van der Waals surface area (Å²) in [5.74, 6) is 0.778. The molecule has 0 aliphatic carbocycles. The zero-order chi connectivity index (χ0) is 14.4. The fraction of sp³-hybridized carbons (Fsp3) is 0.438. The molecule has 1 heterocycles. The molecule has 0 saturated carbocycles. The van der Waals surface area contributed by atoms with Crippen LogP contribution in [0.15, 0.2) is 28.7 Å². The lowest BCUT2D eigenvalue weighted by atomic mass is 10.1. The highest BCUT2D eigenvalue weighted by molar-refractivity contribution is 5.82. The summed E-state index contributed by atoms with van der Waals surface area (Å²) in [4.78, 5) is 10.7. The number of carbonyl (C=O) groups excluding carboxylic acids is 1. The Hall–Kier alpha value is -1.81. The number of nitrogens with two attached hydrogens (primary N) is 1. The molecule has 1 aromatic carbocycles. The quantitative estimate of drug-likeness (QED) is 0.727. The first-order chi connectivity index (χ1) is 9.72. The van der Waals surface area contributed by atoms with Crippen molar-refractivity contribution in [3.05, 3.63) is 35.6 Å². The number of hydrogen-bond donors (Lipinski definition) is 2. The van der Waals surface area contributed by atoms with Gasteiger partial charge >= 0.3 is 0 Å². The van der Waals surface area contributed by atoms with Gasteiger partial charge < -0.3 is 15.5 Å². The zero-order valence-electron chi connectivity index (χ0n) is 11.9. The maximum Gasteiger partial charge on any atom is 0.218 e. The normalized spacial score (nSPS) is 11.1. The first-order valence-electron chi connectivity index (χ1n) is 7.20. The van der Waals surface area contributed by atoms with Crippen LogP contribution in [-0.4, -0.2) is 12.5 Å². The van der Waals surface area contributed by atoms with Crippen molar-refractivity contribution >= 4 is 16.9 Å². The molecule has 2 rings (SSSR count). The Morgan fingerprint density at radius 2 is 2.15 bits per heavy atom. The Labute approximate surface area is 119 Å². The topological polar surface area (TPSA) is 68.3 Å². The second kappa shape index (κ2) is 7.10. The molecule has 4 nitrogen and oxygen atoms in total. The molecular formula is C16H22N2O2. The molecule has 0 spiro atoms. The summed E-state index contributed by atoms with van der Waals surface area (Å²) in [6, 6.07) is 8.09. The average Bonchev–Trinajstić information content (AvgIpc) is 2.79. The van der Waals surface area contributed by atoms with E-state index in [0.717, 1.165) is 36.0 Å². The average molecular weight is 274 g/mol. The number of hydrogen-bond acceptors (Lipinski definition) is 3. The predicted molar refractivity (Wildman–Crippen MR) is 80.3 cm³/mol. The summed E-state index contributed by atoms with van der Waals surface area (Å²) in [5, 5.41) is 4.42. The monoisotopic (exact) mass is 274 g/mol. The fourth-order valence-corrected chi connectivity index (χ4v) is 2.31. The number of furan rings is 1. The van der Waals surface area contributed by atoms with Crippen molar-refractivity contribution in [1.82, 2.24) is 5.32 Å². The van der Waals surface area contributed by atoms with E-state index in [0.29, 0.717) is 19.5 Å². The van der Waals surface area contributed by atoms with Crippen molar-refractivity contribution in [3.8, 4) is 0 Å². The second-order valence-corrected chi connectivity index (χ2v) is 5.00. The van der Waals surface area contributed by atoms with Gasteiger partial charge in [0.1, 0.15) is 11.3 Å².